The molecule has 5 nitrogen and oxygen atoms in total. The molecule has 1 aromatic carbocycles. The molecule has 2 N–H and O–H groups in total. The van der Waals surface area contributed by atoms with Gasteiger partial charge in [0.2, 0.25) is 5.95 Å². The van der Waals surface area contributed by atoms with Gasteiger partial charge in [0.05, 0.1) is 17.8 Å². The van der Waals surface area contributed by atoms with Crippen LogP contribution in [0.25, 0.3) is 11.0 Å². The third kappa shape index (κ3) is 1.62. The summed E-state index contributed by atoms with van der Waals surface area (Å²) in [5.41, 5.74) is 7.66. The van der Waals surface area contributed by atoms with Crippen LogP contribution in [0.1, 0.15) is 5.69 Å². The Bertz CT molecular complexity index is 712. The topological polar surface area (TPSA) is 61.7 Å². The lowest BCUT2D eigenvalue weighted by Crippen LogP contribution is -2.05. The van der Waals surface area contributed by atoms with Gasteiger partial charge in [-0.2, -0.15) is 5.10 Å². The minimum atomic E-state index is -0.362. The third-order valence-electron chi connectivity index (χ3n) is 2.85. The van der Waals surface area contributed by atoms with E-state index in [0.29, 0.717) is 23.5 Å². The standard InChI is InChI=1S/C12H12FN5/c1-17-6-5-8(16-17)7-18-10-4-2-3-9(13)11(10)15-12(18)14/h2-6H,7H2,1H3,(H2,14,15). The Morgan fingerprint density at radius 1 is 1.33 bits per heavy atom. The van der Waals surface area contributed by atoms with Crippen LogP contribution >= 0.6 is 0 Å². The molecular formula is C12H12FN5. The van der Waals surface area contributed by atoms with Crippen LogP contribution < -0.4 is 5.73 Å². The highest BCUT2D eigenvalue weighted by atomic mass is 19.1. The van der Waals surface area contributed by atoms with E-state index in [9.17, 15) is 4.39 Å². The second kappa shape index (κ2) is 3.83. The number of halogens is 1. The predicted molar refractivity (Wildman–Crippen MR) is 66.4 cm³/mol. The van der Waals surface area contributed by atoms with E-state index in [2.05, 4.69) is 10.1 Å². The van der Waals surface area contributed by atoms with Crippen molar-refractivity contribution in [2.24, 2.45) is 7.05 Å². The molecule has 2 aromatic heterocycles. The summed E-state index contributed by atoms with van der Waals surface area (Å²) in [5, 5.41) is 4.27. The number of nitrogen functional groups attached to an aromatic ring is 1. The fourth-order valence-electron chi connectivity index (χ4n) is 2.01. The monoisotopic (exact) mass is 245 g/mol. The van der Waals surface area contributed by atoms with Gasteiger partial charge in [-0.3, -0.25) is 4.68 Å². The number of anilines is 1. The largest absolute Gasteiger partial charge is 0.369 e. The van der Waals surface area contributed by atoms with Crippen LogP contribution in [0.4, 0.5) is 10.3 Å². The summed E-state index contributed by atoms with van der Waals surface area (Å²) in [6.07, 6.45) is 1.85. The van der Waals surface area contributed by atoms with Crippen molar-refractivity contribution in [2.75, 3.05) is 5.73 Å². The van der Waals surface area contributed by atoms with Crippen LogP contribution in [-0.4, -0.2) is 19.3 Å². The molecule has 0 bridgehead atoms. The molecular weight excluding hydrogens is 233 g/mol. The summed E-state index contributed by atoms with van der Waals surface area (Å²) in [7, 11) is 1.85. The first kappa shape index (κ1) is 10.8. The molecule has 0 aliphatic rings. The van der Waals surface area contributed by atoms with Gasteiger partial charge in [-0.1, -0.05) is 6.07 Å². The van der Waals surface area contributed by atoms with Gasteiger partial charge in [0, 0.05) is 13.2 Å². The number of imidazole rings is 1. The fourth-order valence-corrected chi connectivity index (χ4v) is 2.01. The Morgan fingerprint density at radius 3 is 2.89 bits per heavy atom. The van der Waals surface area contributed by atoms with Gasteiger partial charge < -0.3 is 10.3 Å². The quantitative estimate of drug-likeness (QED) is 0.745. The first-order valence-corrected chi connectivity index (χ1v) is 5.54. The molecule has 0 spiro atoms. The zero-order valence-electron chi connectivity index (χ0n) is 9.84. The van der Waals surface area contributed by atoms with Crippen LogP contribution in [0.15, 0.2) is 30.5 Å². The molecule has 0 atom stereocenters. The number of fused-ring (bicyclic) bond motifs is 1. The van der Waals surface area contributed by atoms with Crippen LogP contribution in [-0.2, 0) is 13.6 Å². The molecule has 6 heteroatoms. The summed E-state index contributed by atoms with van der Waals surface area (Å²) >= 11 is 0. The van der Waals surface area contributed by atoms with Gasteiger partial charge in [-0.25, -0.2) is 9.37 Å². The highest BCUT2D eigenvalue weighted by molar-refractivity contribution is 5.78. The van der Waals surface area contributed by atoms with E-state index in [1.54, 1.807) is 21.4 Å². The van der Waals surface area contributed by atoms with E-state index in [1.807, 2.05) is 19.3 Å². The van der Waals surface area contributed by atoms with E-state index >= 15 is 0 Å². The maximum atomic E-state index is 13.6. The van der Waals surface area contributed by atoms with E-state index in [-0.39, 0.29) is 5.82 Å². The van der Waals surface area contributed by atoms with E-state index < -0.39 is 0 Å². The summed E-state index contributed by atoms with van der Waals surface area (Å²) < 4.78 is 17.0. The maximum Gasteiger partial charge on any atom is 0.201 e. The van der Waals surface area contributed by atoms with Crippen LogP contribution in [0.5, 0.6) is 0 Å². The minimum Gasteiger partial charge on any atom is -0.369 e. The van der Waals surface area contributed by atoms with Gasteiger partial charge in [0.15, 0.2) is 5.82 Å². The molecule has 3 aromatic rings. The first-order chi connectivity index (χ1) is 8.65. The molecule has 92 valence electrons. The first-order valence-electron chi connectivity index (χ1n) is 5.54. The number of hydrogen-bond donors (Lipinski definition) is 1. The Morgan fingerprint density at radius 2 is 2.17 bits per heavy atom. The molecule has 0 saturated carbocycles. The molecule has 0 amide bonds. The molecule has 2 heterocycles. The number of para-hydroxylation sites is 1. The minimum absolute atomic E-state index is 0.292. The lowest BCUT2D eigenvalue weighted by molar-refractivity contribution is 0.637. The average molecular weight is 245 g/mol. The number of nitrogens with two attached hydrogens (primary N) is 1. The van der Waals surface area contributed by atoms with Crippen LogP contribution in [0.3, 0.4) is 0 Å². The molecule has 0 radical (unpaired) electrons. The average Bonchev–Trinajstić information content (AvgIpc) is 2.87. The third-order valence-corrected chi connectivity index (χ3v) is 2.85. The maximum absolute atomic E-state index is 13.6. The van der Waals surface area contributed by atoms with E-state index in [1.165, 1.54) is 6.07 Å². The number of hydrogen-bond acceptors (Lipinski definition) is 3. The second-order valence-corrected chi connectivity index (χ2v) is 4.14. The molecule has 0 unspecified atom stereocenters. The van der Waals surface area contributed by atoms with Crippen molar-refractivity contribution >= 4 is 17.0 Å². The van der Waals surface area contributed by atoms with Crippen molar-refractivity contribution in [2.45, 2.75) is 6.54 Å². The number of aryl methyl sites for hydroxylation is 1. The Kier molecular flexibility index (Phi) is 2.29. The number of aromatic nitrogens is 4. The smallest absolute Gasteiger partial charge is 0.201 e. The van der Waals surface area contributed by atoms with Crippen molar-refractivity contribution in [3.8, 4) is 0 Å². The van der Waals surface area contributed by atoms with Crippen molar-refractivity contribution in [3.05, 3.63) is 42.0 Å². The van der Waals surface area contributed by atoms with E-state index in [4.69, 9.17) is 5.73 Å². The summed E-state index contributed by atoms with van der Waals surface area (Å²) in [6, 6.07) is 6.71. The van der Waals surface area contributed by atoms with Gasteiger partial charge in [-0.15, -0.1) is 0 Å². The summed E-state index contributed by atoms with van der Waals surface area (Å²) in [5.74, 6) is -0.0697. The normalized spacial score (nSPS) is 11.2. The zero-order valence-corrected chi connectivity index (χ0v) is 9.84. The SMILES string of the molecule is Cn1ccc(Cn2c(N)nc3c(F)cccc32)n1. The highest BCUT2D eigenvalue weighted by Gasteiger charge is 2.12. The Labute approximate surface area is 103 Å². The highest BCUT2D eigenvalue weighted by Crippen LogP contribution is 2.21. The lowest BCUT2D eigenvalue weighted by atomic mass is 10.3. The summed E-state index contributed by atoms with van der Waals surface area (Å²) in [4.78, 5) is 4.05. The molecule has 18 heavy (non-hydrogen) atoms. The van der Waals surface area contributed by atoms with Crippen molar-refractivity contribution in [3.63, 3.8) is 0 Å². The fraction of sp³-hybridized carbons (Fsp3) is 0.167. The Balaban J connectivity index is 2.11. The van der Waals surface area contributed by atoms with Crippen LogP contribution in [0, 0.1) is 5.82 Å². The number of rotatable bonds is 2. The molecule has 0 aliphatic heterocycles. The molecule has 0 fully saturated rings. The van der Waals surface area contributed by atoms with Crippen molar-refractivity contribution < 1.29 is 4.39 Å². The van der Waals surface area contributed by atoms with Crippen molar-refractivity contribution in [1.82, 2.24) is 19.3 Å². The molecule has 0 aliphatic carbocycles. The van der Waals surface area contributed by atoms with Gasteiger partial charge >= 0.3 is 0 Å². The predicted octanol–water partition coefficient (Wildman–Crippen LogP) is 1.54. The molecule has 3 rings (SSSR count). The zero-order chi connectivity index (χ0) is 12.7. The van der Waals surface area contributed by atoms with Gasteiger partial charge in [0.25, 0.3) is 0 Å². The lowest BCUT2D eigenvalue weighted by Gasteiger charge is -2.03. The second-order valence-electron chi connectivity index (χ2n) is 4.14. The Hall–Kier alpha value is -2.37. The van der Waals surface area contributed by atoms with Crippen molar-refractivity contribution in [1.29, 1.82) is 0 Å². The molecule has 0 saturated heterocycles. The number of nitrogens with zero attached hydrogens (tertiary/aromatic N) is 4. The van der Waals surface area contributed by atoms with Crippen LogP contribution in [0.2, 0.25) is 0 Å². The summed E-state index contributed by atoms with van der Waals surface area (Å²) in [6.45, 7) is 0.479. The van der Waals surface area contributed by atoms with Gasteiger partial charge in [0.1, 0.15) is 5.52 Å². The number of benzene rings is 1. The van der Waals surface area contributed by atoms with E-state index in [0.717, 1.165) is 5.69 Å². The van der Waals surface area contributed by atoms with Gasteiger partial charge in [-0.05, 0) is 18.2 Å².